The third-order valence-corrected chi connectivity index (χ3v) is 9.47. The number of carboxylic acids is 1. The third kappa shape index (κ3) is 21.0. The molecule has 1 aromatic rings. The second-order valence-corrected chi connectivity index (χ2v) is 13.4. The van der Waals surface area contributed by atoms with Gasteiger partial charge < -0.3 is 10.4 Å². The number of rotatable bonds is 32. The maximum absolute atomic E-state index is 11.9. The van der Waals surface area contributed by atoms with E-state index < -0.39 is 5.97 Å². The maximum Gasteiger partial charge on any atom is 0.337 e. The topological polar surface area (TPSA) is 49.3 Å². The Morgan fingerprint density at radius 3 is 1.16 bits per heavy atom. The van der Waals surface area contributed by atoms with Crippen molar-refractivity contribution in [2.24, 2.45) is 0 Å². The largest absolute Gasteiger partial charge is 0.478 e. The summed E-state index contributed by atoms with van der Waals surface area (Å²) in [4.78, 5) is 11.9. The molecule has 0 saturated heterocycles. The van der Waals surface area contributed by atoms with Crippen LogP contribution >= 0.6 is 0 Å². The van der Waals surface area contributed by atoms with Crippen molar-refractivity contribution in [1.82, 2.24) is 0 Å². The molecule has 0 saturated carbocycles. The summed E-state index contributed by atoms with van der Waals surface area (Å²) >= 11 is 0. The molecule has 0 bridgehead atoms. The van der Waals surface area contributed by atoms with Crippen LogP contribution in [0.1, 0.15) is 215 Å². The van der Waals surface area contributed by atoms with E-state index in [1.54, 1.807) is 0 Å². The van der Waals surface area contributed by atoms with Gasteiger partial charge in [0.15, 0.2) is 0 Å². The number of unbranched alkanes of at least 4 members (excludes halogenated alkanes) is 26. The fraction of sp³-hybridized carbons (Fsp3) is 0.825. The van der Waals surface area contributed by atoms with Gasteiger partial charge in [-0.3, -0.25) is 0 Å². The summed E-state index contributed by atoms with van der Waals surface area (Å²) in [5, 5.41) is 13.0. The Kier molecular flexibility index (Phi) is 26.8. The second-order valence-electron chi connectivity index (χ2n) is 13.4. The van der Waals surface area contributed by atoms with Gasteiger partial charge in [-0.1, -0.05) is 187 Å². The number of aryl methyl sites for hydroxylation is 1. The zero-order valence-electron chi connectivity index (χ0n) is 29.2. The molecule has 0 amide bonds. The number of carboxylic acid groups (broad SMARTS) is 1. The maximum atomic E-state index is 11.9. The molecule has 2 N–H and O–H groups in total. The van der Waals surface area contributed by atoms with Crippen LogP contribution in [0.4, 0.5) is 5.69 Å². The van der Waals surface area contributed by atoms with Crippen molar-refractivity contribution in [3.05, 3.63) is 28.8 Å². The molecule has 0 unspecified atom stereocenters. The highest BCUT2D eigenvalue weighted by molar-refractivity contribution is 5.95. The molecule has 0 aliphatic carbocycles. The van der Waals surface area contributed by atoms with Gasteiger partial charge in [0.1, 0.15) is 0 Å². The molecule has 0 aromatic heterocycles. The van der Waals surface area contributed by atoms with E-state index in [-0.39, 0.29) is 0 Å². The summed E-state index contributed by atoms with van der Waals surface area (Å²) in [7, 11) is 1.88. The van der Waals surface area contributed by atoms with Crippen molar-refractivity contribution in [2.45, 2.75) is 206 Å². The Hall–Kier alpha value is -1.51. The molecule has 1 rings (SSSR count). The summed E-state index contributed by atoms with van der Waals surface area (Å²) in [5.41, 5.74) is 3.90. The molecule has 0 atom stereocenters. The highest BCUT2D eigenvalue weighted by atomic mass is 16.4. The number of nitrogens with one attached hydrogen (secondary N) is 1. The predicted molar refractivity (Wildman–Crippen MR) is 191 cm³/mol. The Labute approximate surface area is 268 Å². The average Bonchev–Trinajstić information content (AvgIpc) is 3.01. The van der Waals surface area contributed by atoms with Crippen molar-refractivity contribution >= 4 is 11.7 Å². The lowest BCUT2D eigenvalue weighted by Gasteiger charge is -2.17. The molecule has 0 radical (unpaired) electrons. The number of hydrogen-bond acceptors (Lipinski definition) is 2. The Bertz CT molecular complexity index is 774. The van der Waals surface area contributed by atoms with E-state index in [1.807, 2.05) is 13.1 Å². The molecular formula is C40H73NO2. The van der Waals surface area contributed by atoms with Crippen molar-refractivity contribution in [3.63, 3.8) is 0 Å². The molecule has 0 spiro atoms. The van der Waals surface area contributed by atoms with Crippen LogP contribution in [0.3, 0.4) is 0 Å². The van der Waals surface area contributed by atoms with Crippen LogP contribution in [-0.4, -0.2) is 18.1 Å². The van der Waals surface area contributed by atoms with Crippen molar-refractivity contribution in [1.29, 1.82) is 0 Å². The van der Waals surface area contributed by atoms with Gasteiger partial charge in [0.2, 0.25) is 0 Å². The molecule has 0 heterocycles. The lowest BCUT2D eigenvalue weighted by Crippen LogP contribution is -2.09. The lowest BCUT2D eigenvalue weighted by atomic mass is 9.92. The van der Waals surface area contributed by atoms with Gasteiger partial charge in [0, 0.05) is 7.05 Å². The molecule has 0 aliphatic heterocycles. The van der Waals surface area contributed by atoms with Crippen molar-refractivity contribution in [3.8, 4) is 0 Å². The third-order valence-electron chi connectivity index (χ3n) is 9.47. The first kappa shape index (κ1) is 39.5. The van der Waals surface area contributed by atoms with Gasteiger partial charge in [0.05, 0.1) is 11.3 Å². The van der Waals surface area contributed by atoms with Crippen molar-refractivity contribution in [2.75, 3.05) is 12.4 Å². The first-order valence-electron chi connectivity index (χ1n) is 19.2. The normalized spacial score (nSPS) is 11.3. The molecule has 0 fully saturated rings. The van der Waals surface area contributed by atoms with Gasteiger partial charge in [-0.15, -0.1) is 0 Å². The first-order chi connectivity index (χ1) is 21.2. The molecule has 3 nitrogen and oxygen atoms in total. The quantitative estimate of drug-likeness (QED) is 0.0810. The van der Waals surface area contributed by atoms with Crippen LogP contribution in [0, 0.1) is 0 Å². The molecule has 43 heavy (non-hydrogen) atoms. The van der Waals surface area contributed by atoms with Crippen LogP contribution in [0.5, 0.6) is 0 Å². The molecule has 250 valence electrons. The van der Waals surface area contributed by atoms with E-state index in [1.165, 1.54) is 184 Å². The SMILES string of the molecule is CCCCCCCCCCCCCCCCc1ccc(C(=O)O)c(NC)c1CCCCCCCCCCCCCCCC. The molecular weight excluding hydrogens is 526 g/mol. The van der Waals surface area contributed by atoms with Gasteiger partial charge >= 0.3 is 5.97 Å². The summed E-state index contributed by atoms with van der Waals surface area (Å²) in [6, 6.07) is 3.92. The monoisotopic (exact) mass is 600 g/mol. The molecule has 0 aliphatic rings. The second kappa shape index (κ2) is 29.2. The van der Waals surface area contributed by atoms with Crippen LogP contribution in [-0.2, 0) is 12.8 Å². The fourth-order valence-electron chi connectivity index (χ4n) is 6.68. The average molecular weight is 600 g/mol. The van der Waals surface area contributed by atoms with E-state index in [0.29, 0.717) is 5.56 Å². The van der Waals surface area contributed by atoms with E-state index in [9.17, 15) is 9.90 Å². The number of anilines is 1. The fourth-order valence-corrected chi connectivity index (χ4v) is 6.68. The van der Waals surface area contributed by atoms with Gasteiger partial charge in [-0.25, -0.2) is 4.79 Å². The minimum atomic E-state index is -0.824. The van der Waals surface area contributed by atoms with Crippen LogP contribution < -0.4 is 5.32 Å². The Morgan fingerprint density at radius 1 is 0.512 bits per heavy atom. The highest BCUT2D eigenvalue weighted by Gasteiger charge is 2.16. The highest BCUT2D eigenvalue weighted by Crippen LogP contribution is 2.29. The molecule has 1 aromatic carbocycles. The van der Waals surface area contributed by atoms with E-state index in [0.717, 1.165) is 24.9 Å². The number of benzene rings is 1. The summed E-state index contributed by atoms with van der Waals surface area (Å²) < 4.78 is 0. The molecule has 3 heteroatoms. The van der Waals surface area contributed by atoms with E-state index in [4.69, 9.17) is 0 Å². The lowest BCUT2D eigenvalue weighted by molar-refractivity contribution is 0.0698. The number of carbonyl (C=O) groups is 1. The summed E-state index contributed by atoms with van der Waals surface area (Å²) in [6.45, 7) is 4.58. The minimum Gasteiger partial charge on any atom is -0.478 e. The van der Waals surface area contributed by atoms with Crippen molar-refractivity contribution < 1.29 is 9.90 Å². The zero-order chi connectivity index (χ0) is 31.2. The van der Waals surface area contributed by atoms with E-state index in [2.05, 4.69) is 25.2 Å². The smallest absolute Gasteiger partial charge is 0.337 e. The van der Waals surface area contributed by atoms with Crippen LogP contribution in [0.15, 0.2) is 12.1 Å². The van der Waals surface area contributed by atoms with Crippen LogP contribution in [0.25, 0.3) is 0 Å². The van der Waals surface area contributed by atoms with Gasteiger partial charge in [0.25, 0.3) is 0 Å². The zero-order valence-corrected chi connectivity index (χ0v) is 29.2. The number of hydrogen-bond donors (Lipinski definition) is 2. The Balaban J connectivity index is 2.26. The summed E-state index contributed by atoms with van der Waals surface area (Å²) in [6.07, 6.45) is 40.4. The summed E-state index contributed by atoms with van der Waals surface area (Å²) in [5.74, 6) is -0.824. The minimum absolute atomic E-state index is 0.424. The standard InChI is InChI=1S/C40H73NO2/c1-4-6-8-10-12-14-16-18-20-22-24-26-28-30-32-36-34-35-38(40(42)43)39(41-3)37(36)33-31-29-27-25-23-21-19-17-15-13-11-9-7-5-2/h34-35,41H,4-33H2,1-3H3,(H,42,43). The van der Waals surface area contributed by atoms with Gasteiger partial charge in [-0.05, 0) is 42.9 Å². The van der Waals surface area contributed by atoms with Gasteiger partial charge in [-0.2, -0.15) is 0 Å². The number of aromatic carboxylic acids is 1. The first-order valence-corrected chi connectivity index (χ1v) is 19.2. The van der Waals surface area contributed by atoms with Crippen LogP contribution in [0.2, 0.25) is 0 Å². The van der Waals surface area contributed by atoms with E-state index >= 15 is 0 Å². The Morgan fingerprint density at radius 2 is 0.837 bits per heavy atom. The predicted octanol–water partition coefficient (Wildman–Crippen LogP) is 13.5.